The van der Waals surface area contributed by atoms with Crippen molar-refractivity contribution >= 4 is 19.6 Å². The van der Waals surface area contributed by atoms with Crippen LogP contribution in [0, 0.1) is 0 Å². The molecule has 0 saturated heterocycles. The molecule has 0 aromatic heterocycles. The first-order valence-corrected chi connectivity index (χ1v) is 16.3. The number of thioether (sulfide) groups is 1. The van der Waals surface area contributed by atoms with Crippen LogP contribution in [0.2, 0.25) is 0 Å². The molecule has 0 aliphatic carbocycles. The van der Waals surface area contributed by atoms with Crippen molar-refractivity contribution in [2.45, 2.75) is 116 Å². The first-order valence-electron chi connectivity index (χ1n) is 13.6. The van der Waals surface area contributed by atoms with Crippen LogP contribution in [0.15, 0.2) is 0 Å². The SMILES string of the molecule is CCCCCCCCCCCCCCCCSCC(CC)OC.C[N+](C)(C)CCOP(=O)([O-])O. The van der Waals surface area contributed by atoms with Crippen molar-refractivity contribution in [1.29, 1.82) is 0 Å². The van der Waals surface area contributed by atoms with Crippen molar-refractivity contribution in [3.05, 3.63) is 0 Å². The Morgan fingerprint density at radius 2 is 1.29 bits per heavy atom. The first kappa shape index (κ1) is 36.5. The number of unbranched alkanes of at least 4 members (excludes halogenated alkanes) is 13. The Bertz CT molecular complexity index is 453. The van der Waals surface area contributed by atoms with Crippen molar-refractivity contribution in [3.63, 3.8) is 0 Å². The molecule has 0 aliphatic rings. The maximum absolute atomic E-state index is 10.1. The average Bonchev–Trinajstić information content (AvgIpc) is 2.75. The zero-order valence-electron chi connectivity index (χ0n) is 23.4. The van der Waals surface area contributed by atoms with Crippen LogP contribution in [0.1, 0.15) is 110 Å². The van der Waals surface area contributed by atoms with Gasteiger partial charge in [-0.15, -0.1) is 0 Å². The van der Waals surface area contributed by atoms with Gasteiger partial charge in [0.1, 0.15) is 13.2 Å². The summed E-state index contributed by atoms with van der Waals surface area (Å²) in [5.41, 5.74) is 0. The quantitative estimate of drug-likeness (QED) is 0.0895. The number of quaternary nitrogens is 1. The zero-order chi connectivity index (χ0) is 26.1. The number of rotatable bonds is 23. The number of methoxy groups -OCH3 is 1. The van der Waals surface area contributed by atoms with Crippen LogP contribution in [0.4, 0.5) is 0 Å². The lowest BCUT2D eigenvalue weighted by Crippen LogP contribution is -2.37. The van der Waals surface area contributed by atoms with E-state index in [0.717, 1.165) is 6.42 Å². The van der Waals surface area contributed by atoms with E-state index in [-0.39, 0.29) is 6.61 Å². The summed E-state index contributed by atoms with van der Waals surface area (Å²) in [5, 5.41) is 0. The second kappa shape index (κ2) is 25.0. The minimum atomic E-state index is -4.51. The fourth-order valence-corrected chi connectivity index (χ4v) is 4.92. The molecule has 0 heterocycles. The van der Waals surface area contributed by atoms with Crippen molar-refractivity contribution in [2.75, 3.05) is 52.9 Å². The molecule has 1 N–H and O–H groups in total. The lowest BCUT2D eigenvalue weighted by Gasteiger charge is -2.25. The molecular weight excluding hydrogens is 469 g/mol. The Morgan fingerprint density at radius 3 is 1.65 bits per heavy atom. The third-order valence-corrected chi connectivity index (χ3v) is 7.44. The van der Waals surface area contributed by atoms with Gasteiger partial charge in [0.05, 0.1) is 27.2 Å². The van der Waals surface area contributed by atoms with Gasteiger partial charge in [-0.25, -0.2) is 0 Å². The Hall–Kier alpha value is 0.380. The molecule has 0 aliphatic heterocycles. The number of hydrogen-bond donors (Lipinski definition) is 1. The van der Waals surface area contributed by atoms with Crippen LogP contribution in [-0.4, -0.2) is 68.4 Å². The highest BCUT2D eigenvalue weighted by Crippen LogP contribution is 2.29. The van der Waals surface area contributed by atoms with Gasteiger partial charge in [0.2, 0.25) is 0 Å². The van der Waals surface area contributed by atoms with E-state index in [9.17, 15) is 9.46 Å². The van der Waals surface area contributed by atoms with Gasteiger partial charge in [-0.3, -0.25) is 4.57 Å². The van der Waals surface area contributed by atoms with Crippen molar-refractivity contribution in [1.82, 2.24) is 0 Å². The van der Waals surface area contributed by atoms with E-state index in [0.29, 0.717) is 17.1 Å². The maximum Gasteiger partial charge on any atom is 0.265 e. The Balaban J connectivity index is 0. The summed E-state index contributed by atoms with van der Waals surface area (Å²) < 4.78 is 20.2. The number of phosphoric ester groups is 1. The van der Waals surface area contributed by atoms with Crippen LogP contribution in [0.3, 0.4) is 0 Å². The van der Waals surface area contributed by atoms with E-state index < -0.39 is 7.82 Å². The summed E-state index contributed by atoms with van der Waals surface area (Å²) in [6.07, 6.45) is 21.9. The third-order valence-electron chi connectivity index (χ3n) is 5.75. The predicted octanol–water partition coefficient (Wildman–Crippen LogP) is 6.80. The molecule has 8 heteroatoms. The fourth-order valence-electron chi connectivity index (χ4n) is 3.40. The summed E-state index contributed by atoms with van der Waals surface area (Å²) in [4.78, 5) is 18.3. The molecule has 208 valence electrons. The van der Waals surface area contributed by atoms with Gasteiger partial charge in [0.25, 0.3) is 7.82 Å². The molecule has 0 rings (SSSR count). The highest BCUT2D eigenvalue weighted by molar-refractivity contribution is 7.99. The van der Waals surface area contributed by atoms with Gasteiger partial charge in [-0.1, -0.05) is 97.3 Å². The predicted molar refractivity (Wildman–Crippen MR) is 147 cm³/mol. The highest BCUT2D eigenvalue weighted by Gasteiger charge is 2.09. The number of ether oxygens (including phenoxy) is 1. The minimum absolute atomic E-state index is 0.0147. The topological polar surface area (TPSA) is 78.8 Å². The Labute approximate surface area is 216 Å². The summed E-state index contributed by atoms with van der Waals surface area (Å²) in [6, 6.07) is 0. The Morgan fingerprint density at radius 1 is 0.853 bits per heavy atom. The molecule has 2 atom stereocenters. The number of likely N-dealkylation sites (N-methyl/N-ethyl adjacent to an activating group) is 1. The second-order valence-corrected chi connectivity index (χ2v) is 12.6. The number of hydrogen-bond acceptors (Lipinski definition) is 5. The van der Waals surface area contributed by atoms with Gasteiger partial charge in [-0.05, 0) is 18.6 Å². The van der Waals surface area contributed by atoms with Gasteiger partial charge in [0, 0.05) is 12.9 Å². The van der Waals surface area contributed by atoms with Crippen LogP contribution < -0.4 is 4.89 Å². The number of phosphoric acid groups is 1. The van der Waals surface area contributed by atoms with Crippen LogP contribution in [0.25, 0.3) is 0 Å². The number of nitrogens with zero attached hydrogens (tertiary/aromatic N) is 1. The van der Waals surface area contributed by atoms with Gasteiger partial charge in [0.15, 0.2) is 0 Å². The molecule has 0 bridgehead atoms. The monoisotopic (exact) mass is 527 g/mol. The van der Waals surface area contributed by atoms with E-state index in [1.54, 1.807) is 0 Å². The van der Waals surface area contributed by atoms with Crippen molar-refractivity contribution in [3.8, 4) is 0 Å². The van der Waals surface area contributed by atoms with E-state index in [1.807, 2.05) is 28.3 Å². The molecule has 0 amide bonds. The van der Waals surface area contributed by atoms with Crippen molar-refractivity contribution in [2.24, 2.45) is 0 Å². The van der Waals surface area contributed by atoms with E-state index in [1.165, 1.54) is 101 Å². The standard InChI is InChI=1S/C21H44OS.C5H14NO4P/c1-4-6-7-8-9-10-11-12-13-14-15-16-17-18-19-23-20-21(5-2)22-3;1-6(2,3)4-5-10-11(7,8)9/h21H,4-20H2,1-3H3;4-5H2,1-3H3,(H-,7,8,9). The van der Waals surface area contributed by atoms with Gasteiger partial charge >= 0.3 is 0 Å². The molecule has 0 fully saturated rings. The molecule has 0 radical (unpaired) electrons. The van der Waals surface area contributed by atoms with Gasteiger partial charge in [-0.2, -0.15) is 11.8 Å². The van der Waals surface area contributed by atoms with Gasteiger partial charge < -0.3 is 23.5 Å². The van der Waals surface area contributed by atoms with E-state index in [2.05, 4.69) is 30.1 Å². The molecule has 34 heavy (non-hydrogen) atoms. The van der Waals surface area contributed by atoms with Crippen LogP contribution in [0.5, 0.6) is 0 Å². The summed E-state index contributed by atoms with van der Waals surface area (Å²) in [6.45, 7) is 5.05. The molecule has 0 saturated carbocycles. The lowest BCUT2D eigenvalue weighted by atomic mass is 10.0. The molecule has 0 aromatic carbocycles. The molecular formula is C26H58NO5PS. The second-order valence-electron chi connectivity index (χ2n) is 10.3. The highest BCUT2D eigenvalue weighted by atomic mass is 32.2. The smallest absolute Gasteiger partial charge is 0.265 e. The Kier molecular flexibility index (Phi) is 26.9. The van der Waals surface area contributed by atoms with Crippen LogP contribution >= 0.6 is 19.6 Å². The van der Waals surface area contributed by atoms with Crippen molar-refractivity contribution < 1.29 is 28.1 Å². The molecule has 6 nitrogen and oxygen atoms in total. The van der Waals surface area contributed by atoms with E-state index in [4.69, 9.17) is 9.63 Å². The normalized spacial score (nSPS) is 14.4. The lowest BCUT2D eigenvalue weighted by molar-refractivity contribution is -0.870. The summed E-state index contributed by atoms with van der Waals surface area (Å²) >= 11 is 2.07. The van der Waals surface area contributed by atoms with E-state index >= 15 is 0 Å². The summed E-state index contributed by atoms with van der Waals surface area (Å²) in [7, 11) is 3.02. The zero-order valence-corrected chi connectivity index (χ0v) is 25.1. The largest absolute Gasteiger partial charge is 0.756 e. The minimum Gasteiger partial charge on any atom is -0.756 e. The fraction of sp³-hybridized carbons (Fsp3) is 1.00. The first-order chi connectivity index (χ1) is 16.1. The van der Waals surface area contributed by atoms with Crippen LogP contribution in [-0.2, 0) is 13.8 Å². The molecule has 0 aromatic rings. The molecule has 0 spiro atoms. The average molecular weight is 528 g/mol. The maximum atomic E-state index is 10.1. The third kappa shape index (κ3) is 34.5. The molecule has 2 unspecified atom stereocenters. The summed E-state index contributed by atoms with van der Waals surface area (Å²) in [5.74, 6) is 2.49.